The van der Waals surface area contributed by atoms with Gasteiger partial charge in [0.2, 0.25) is 0 Å². The molecule has 108 valence electrons. The second kappa shape index (κ2) is 8.25. The first-order chi connectivity index (χ1) is 9.90. The zero-order valence-corrected chi connectivity index (χ0v) is 15.8. The number of hydrogen-bond donors (Lipinski definition) is 0. The van der Waals surface area contributed by atoms with Gasteiger partial charge in [-0.15, -0.1) is 6.42 Å². The smallest absolute Gasteiger partial charge is 0.264 e. The molecular formula is C15H12I2N2O2. The zero-order valence-electron chi connectivity index (χ0n) is 11.5. The maximum absolute atomic E-state index is 11.8. The number of rotatable bonds is 4. The molecule has 1 aromatic rings. The Balaban J connectivity index is 3.19. The summed E-state index contributed by atoms with van der Waals surface area (Å²) >= 11 is 4.27. The van der Waals surface area contributed by atoms with E-state index in [4.69, 9.17) is 16.4 Å². The molecule has 1 amide bonds. The number of amides is 1. The van der Waals surface area contributed by atoms with Crippen molar-refractivity contribution < 1.29 is 9.53 Å². The second-order valence-corrected chi connectivity index (χ2v) is 6.50. The van der Waals surface area contributed by atoms with Gasteiger partial charge in [0.25, 0.3) is 5.91 Å². The van der Waals surface area contributed by atoms with E-state index in [1.807, 2.05) is 18.2 Å². The van der Waals surface area contributed by atoms with E-state index in [0.29, 0.717) is 5.75 Å². The van der Waals surface area contributed by atoms with Crippen molar-refractivity contribution in [2.75, 3.05) is 20.7 Å². The summed E-state index contributed by atoms with van der Waals surface area (Å²) in [5.74, 6) is 2.81. The van der Waals surface area contributed by atoms with Gasteiger partial charge in [0.15, 0.2) is 0 Å². The number of hydrogen-bond acceptors (Lipinski definition) is 3. The molecule has 1 rings (SSSR count). The van der Waals surface area contributed by atoms with Crippen LogP contribution >= 0.6 is 45.2 Å². The molecule has 0 unspecified atom stereocenters. The van der Waals surface area contributed by atoms with E-state index in [2.05, 4.69) is 51.1 Å². The fourth-order valence-electron chi connectivity index (χ4n) is 1.46. The van der Waals surface area contributed by atoms with Gasteiger partial charge in [0, 0.05) is 14.1 Å². The van der Waals surface area contributed by atoms with Gasteiger partial charge in [-0.3, -0.25) is 4.79 Å². The molecule has 1 aromatic carbocycles. The molecule has 0 fully saturated rings. The minimum Gasteiger partial charge on any atom is -0.479 e. The molecule has 4 nitrogen and oxygen atoms in total. The minimum atomic E-state index is -0.324. The van der Waals surface area contributed by atoms with Gasteiger partial charge in [-0.2, -0.15) is 5.26 Å². The van der Waals surface area contributed by atoms with Crippen LogP contribution in [0.4, 0.5) is 0 Å². The van der Waals surface area contributed by atoms with Crippen molar-refractivity contribution in [1.82, 2.24) is 4.90 Å². The lowest BCUT2D eigenvalue weighted by atomic mass is 10.1. The molecule has 0 aliphatic heterocycles. The van der Waals surface area contributed by atoms with Crippen molar-refractivity contribution >= 4 is 57.2 Å². The van der Waals surface area contributed by atoms with E-state index < -0.39 is 0 Å². The Morgan fingerprint density at radius 3 is 2.43 bits per heavy atom. The van der Waals surface area contributed by atoms with E-state index in [0.717, 1.165) is 12.7 Å². The molecule has 0 radical (unpaired) electrons. The van der Waals surface area contributed by atoms with Gasteiger partial charge < -0.3 is 9.64 Å². The summed E-state index contributed by atoms with van der Waals surface area (Å²) in [5, 5.41) is 9.10. The van der Waals surface area contributed by atoms with E-state index in [1.54, 1.807) is 20.2 Å². The molecule has 0 aliphatic rings. The third kappa shape index (κ3) is 4.90. The van der Waals surface area contributed by atoms with Crippen molar-refractivity contribution in [2.45, 2.75) is 0 Å². The average molecular weight is 506 g/mol. The molecule has 6 heteroatoms. The van der Waals surface area contributed by atoms with Crippen molar-refractivity contribution in [3.63, 3.8) is 0 Å². The number of ether oxygens (including phenoxy) is 1. The molecular weight excluding hydrogens is 494 g/mol. The minimum absolute atomic E-state index is 0.0869. The predicted molar refractivity (Wildman–Crippen MR) is 98.5 cm³/mol. The summed E-state index contributed by atoms with van der Waals surface area (Å²) in [5.41, 5.74) is 0.854. The summed E-state index contributed by atoms with van der Waals surface area (Å²) in [7, 11) is 3.22. The first kappa shape index (κ1) is 17.8. The Morgan fingerprint density at radius 2 is 2.00 bits per heavy atom. The van der Waals surface area contributed by atoms with Gasteiger partial charge >= 0.3 is 0 Å². The summed E-state index contributed by atoms with van der Waals surface area (Å²) < 4.78 is 7.22. The van der Waals surface area contributed by atoms with Crippen LogP contribution in [0.3, 0.4) is 0 Å². The molecule has 0 atom stereocenters. The summed E-state index contributed by atoms with van der Waals surface area (Å²) in [4.78, 5) is 13.2. The first-order valence-electron chi connectivity index (χ1n) is 5.79. The quantitative estimate of drug-likeness (QED) is 0.274. The largest absolute Gasteiger partial charge is 0.479 e. The van der Waals surface area contributed by atoms with Gasteiger partial charge in [-0.25, -0.2) is 0 Å². The van der Waals surface area contributed by atoms with E-state index in [-0.39, 0.29) is 18.1 Å². The topological polar surface area (TPSA) is 53.3 Å². The predicted octanol–water partition coefficient (Wildman–Crippen LogP) is 2.90. The van der Waals surface area contributed by atoms with Crippen molar-refractivity contribution in [2.24, 2.45) is 0 Å². The van der Waals surface area contributed by atoms with E-state index in [9.17, 15) is 4.79 Å². The monoisotopic (exact) mass is 506 g/mol. The Hall–Kier alpha value is -1.26. The van der Waals surface area contributed by atoms with Gasteiger partial charge in [-0.05, 0) is 69.0 Å². The SMILES string of the molecule is C#CCOc1c(I)cc(/C=C(/C#N)C(=O)N(C)C)cc1I. The van der Waals surface area contributed by atoms with Gasteiger partial charge in [0.05, 0.1) is 7.14 Å². The van der Waals surface area contributed by atoms with E-state index >= 15 is 0 Å². The fourth-order valence-corrected chi connectivity index (χ4v) is 3.59. The highest BCUT2D eigenvalue weighted by molar-refractivity contribution is 14.1. The number of carbonyl (C=O) groups excluding carboxylic acids is 1. The van der Waals surface area contributed by atoms with Crippen LogP contribution in [0.25, 0.3) is 6.08 Å². The van der Waals surface area contributed by atoms with Crippen LogP contribution in [0.5, 0.6) is 5.75 Å². The van der Waals surface area contributed by atoms with Crippen molar-refractivity contribution in [3.8, 4) is 24.2 Å². The summed E-state index contributed by atoms with van der Waals surface area (Å²) in [6, 6.07) is 5.61. The number of likely N-dealkylation sites (N-methyl/N-ethyl adjacent to an activating group) is 1. The van der Waals surface area contributed by atoms with Crippen molar-refractivity contribution in [3.05, 3.63) is 30.4 Å². The highest BCUT2D eigenvalue weighted by atomic mass is 127. The lowest BCUT2D eigenvalue weighted by molar-refractivity contribution is -0.124. The molecule has 0 N–H and O–H groups in total. The number of carbonyl (C=O) groups is 1. The standard InChI is InChI=1S/C15H12I2N2O2/c1-4-5-21-14-12(16)7-10(8-13(14)17)6-11(9-18)15(20)19(2)3/h1,6-8H,5H2,2-3H3/b11-6-. The average Bonchev–Trinajstić information content (AvgIpc) is 2.43. The lowest BCUT2D eigenvalue weighted by Gasteiger charge is -2.11. The van der Waals surface area contributed by atoms with Crippen LogP contribution in [0.15, 0.2) is 17.7 Å². The molecule has 0 bridgehead atoms. The summed E-state index contributed by atoms with van der Waals surface area (Å²) in [6.45, 7) is 0.198. The van der Waals surface area contributed by atoms with Crippen LogP contribution in [-0.4, -0.2) is 31.5 Å². The second-order valence-electron chi connectivity index (χ2n) is 4.18. The van der Waals surface area contributed by atoms with Crippen LogP contribution in [0, 0.1) is 30.8 Å². The summed E-state index contributed by atoms with van der Waals surface area (Å²) in [6.07, 6.45) is 6.75. The van der Waals surface area contributed by atoms with Crippen molar-refractivity contribution in [1.29, 1.82) is 5.26 Å². The zero-order chi connectivity index (χ0) is 16.0. The Morgan fingerprint density at radius 1 is 1.43 bits per heavy atom. The van der Waals surface area contributed by atoms with Crippen LogP contribution < -0.4 is 4.74 Å². The molecule has 0 saturated carbocycles. The Kier molecular flexibility index (Phi) is 6.99. The molecule has 0 aliphatic carbocycles. The molecule has 0 saturated heterocycles. The first-order valence-corrected chi connectivity index (χ1v) is 7.95. The molecule has 0 spiro atoms. The van der Waals surface area contributed by atoms with Crippen LogP contribution in [0.2, 0.25) is 0 Å². The number of benzene rings is 1. The number of halogens is 2. The highest BCUT2D eigenvalue weighted by Gasteiger charge is 2.13. The highest BCUT2D eigenvalue weighted by Crippen LogP contribution is 2.29. The molecule has 0 heterocycles. The van der Waals surface area contributed by atoms with E-state index in [1.165, 1.54) is 4.90 Å². The molecule has 21 heavy (non-hydrogen) atoms. The number of nitrogens with zero attached hydrogens (tertiary/aromatic N) is 2. The normalized spacial score (nSPS) is 10.5. The van der Waals surface area contributed by atoms with Gasteiger partial charge in [-0.1, -0.05) is 5.92 Å². The van der Waals surface area contributed by atoms with Crippen LogP contribution in [-0.2, 0) is 4.79 Å². The maximum Gasteiger partial charge on any atom is 0.264 e. The van der Waals surface area contributed by atoms with Gasteiger partial charge in [0.1, 0.15) is 24.0 Å². The fraction of sp³-hybridized carbons (Fsp3) is 0.200. The number of terminal acetylenes is 1. The third-order valence-electron chi connectivity index (χ3n) is 2.39. The van der Waals surface area contributed by atoms with Crippen LogP contribution in [0.1, 0.15) is 5.56 Å². The molecule has 0 aromatic heterocycles. The lowest BCUT2D eigenvalue weighted by Crippen LogP contribution is -2.22. The number of nitriles is 1. The Labute approximate surface area is 151 Å². The third-order valence-corrected chi connectivity index (χ3v) is 3.99. The Bertz CT molecular complexity index is 644. The maximum atomic E-state index is 11.8.